The van der Waals surface area contributed by atoms with Crippen LogP contribution in [0, 0.1) is 5.82 Å². The van der Waals surface area contributed by atoms with E-state index in [0.717, 1.165) is 17.4 Å². The second-order valence-electron chi connectivity index (χ2n) is 4.03. The maximum absolute atomic E-state index is 13.4. The highest BCUT2D eigenvalue weighted by molar-refractivity contribution is 9.10. The second-order valence-corrected chi connectivity index (χ2v) is 4.95. The fourth-order valence-electron chi connectivity index (χ4n) is 1.84. The number of ether oxygens (including phenoxy) is 1. The Balaban J connectivity index is 1.90. The van der Waals surface area contributed by atoms with E-state index in [1.54, 1.807) is 12.1 Å². The Hall–Kier alpha value is -0.610. The summed E-state index contributed by atoms with van der Waals surface area (Å²) in [6, 6.07) is 5.10. The zero-order valence-corrected chi connectivity index (χ0v) is 10.6. The van der Waals surface area contributed by atoms with Crippen molar-refractivity contribution in [2.75, 3.05) is 13.2 Å². The smallest absolute Gasteiger partial charge is 0.165 e. The molecule has 2 rings (SSSR count). The quantitative estimate of drug-likeness (QED) is 0.922. The van der Waals surface area contributed by atoms with Crippen molar-refractivity contribution in [1.82, 2.24) is 5.32 Å². The van der Waals surface area contributed by atoms with Crippen molar-refractivity contribution >= 4 is 15.9 Å². The van der Waals surface area contributed by atoms with E-state index >= 15 is 0 Å². The molecule has 1 unspecified atom stereocenters. The van der Waals surface area contributed by atoms with Crippen molar-refractivity contribution in [3.8, 4) is 5.75 Å². The number of hydrogen-bond donors (Lipinski definition) is 1. The maximum Gasteiger partial charge on any atom is 0.165 e. The van der Waals surface area contributed by atoms with Crippen LogP contribution >= 0.6 is 15.9 Å². The molecule has 1 aromatic rings. The molecule has 1 aliphatic rings. The minimum Gasteiger partial charge on any atom is -0.489 e. The lowest BCUT2D eigenvalue weighted by Crippen LogP contribution is -2.38. The second kappa shape index (κ2) is 5.64. The van der Waals surface area contributed by atoms with E-state index in [-0.39, 0.29) is 5.82 Å². The normalized spacial score (nSPS) is 20.8. The minimum atomic E-state index is -0.306. The summed E-state index contributed by atoms with van der Waals surface area (Å²) in [7, 11) is 0. The van der Waals surface area contributed by atoms with Gasteiger partial charge in [0.15, 0.2) is 11.6 Å². The summed E-state index contributed by atoms with van der Waals surface area (Å²) >= 11 is 3.30. The number of nitrogens with one attached hydrogen (secondary N) is 1. The summed E-state index contributed by atoms with van der Waals surface area (Å²) in [6.45, 7) is 1.57. The van der Waals surface area contributed by atoms with Crippen LogP contribution in [0.25, 0.3) is 0 Å². The van der Waals surface area contributed by atoms with Gasteiger partial charge in [-0.3, -0.25) is 0 Å². The van der Waals surface area contributed by atoms with Gasteiger partial charge < -0.3 is 10.1 Å². The SMILES string of the molecule is Fc1ccc(Br)cc1OCC1CCCCN1. The molecule has 0 saturated carbocycles. The van der Waals surface area contributed by atoms with Crippen LogP contribution in [-0.4, -0.2) is 19.2 Å². The molecule has 88 valence electrons. The molecular weight excluding hydrogens is 273 g/mol. The van der Waals surface area contributed by atoms with Crippen molar-refractivity contribution in [2.24, 2.45) is 0 Å². The van der Waals surface area contributed by atoms with E-state index < -0.39 is 0 Å². The first-order valence-electron chi connectivity index (χ1n) is 5.57. The van der Waals surface area contributed by atoms with Crippen molar-refractivity contribution in [3.63, 3.8) is 0 Å². The summed E-state index contributed by atoms with van der Waals surface area (Å²) in [5.74, 6) is 0.0146. The molecule has 1 heterocycles. The van der Waals surface area contributed by atoms with Crippen LogP contribution in [0.15, 0.2) is 22.7 Å². The Bertz CT molecular complexity index is 353. The summed E-state index contributed by atoms with van der Waals surface area (Å²) in [5, 5.41) is 3.36. The Kier molecular flexibility index (Phi) is 4.18. The zero-order valence-electron chi connectivity index (χ0n) is 9.01. The standard InChI is InChI=1S/C12H15BrFNO/c13-9-4-5-11(14)12(7-9)16-8-10-3-1-2-6-15-10/h4-5,7,10,15H,1-3,6,8H2. The van der Waals surface area contributed by atoms with E-state index in [1.165, 1.54) is 18.9 Å². The number of hydrogen-bond acceptors (Lipinski definition) is 2. The third kappa shape index (κ3) is 3.19. The molecule has 0 aromatic heterocycles. The number of benzene rings is 1. The monoisotopic (exact) mass is 287 g/mol. The molecule has 0 radical (unpaired) electrons. The molecule has 0 spiro atoms. The van der Waals surface area contributed by atoms with Gasteiger partial charge in [-0.2, -0.15) is 0 Å². The van der Waals surface area contributed by atoms with Gasteiger partial charge in [0.25, 0.3) is 0 Å². The molecule has 2 nitrogen and oxygen atoms in total. The average Bonchev–Trinajstić information content (AvgIpc) is 2.32. The van der Waals surface area contributed by atoms with Gasteiger partial charge in [0.05, 0.1) is 0 Å². The largest absolute Gasteiger partial charge is 0.489 e. The first-order valence-corrected chi connectivity index (χ1v) is 6.36. The Morgan fingerprint density at radius 2 is 2.31 bits per heavy atom. The molecule has 1 N–H and O–H groups in total. The summed E-state index contributed by atoms with van der Waals surface area (Å²) in [5.41, 5.74) is 0. The Morgan fingerprint density at radius 1 is 1.44 bits per heavy atom. The fraction of sp³-hybridized carbons (Fsp3) is 0.500. The molecule has 1 aromatic carbocycles. The third-order valence-electron chi connectivity index (χ3n) is 2.75. The molecule has 4 heteroatoms. The lowest BCUT2D eigenvalue weighted by Gasteiger charge is -2.23. The fourth-order valence-corrected chi connectivity index (χ4v) is 2.18. The highest BCUT2D eigenvalue weighted by atomic mass is 79.9. The molecular formula is C12H15BrFNO. The van der Waals surface area contributed by atoms with Gasteiger partial charge in [-0.1, -0.05) is 22.4 Å². The molecule has 1 saturated heterocycles. The van der Waals surface area contributed by atoms with Crippen LogP contribution in [0.3, 0.4) is 0 Å². The van der Waals surface area contributed by atoms with Crippen LogP contribution in [0.4, 0.5) is 4.39 Å². The van der Waals surface area contributed by atoms with Gasteiger partial charge >= 0.3 is 0 Å². The van der Waals surface area contributed by atoms with Crippen LogP contribution in [0.1, 0.15) is 19.3 Å². The molecule has 0 aliphatic carbocycles. The molecule has 16 heavy (non-hydrogen) atoms. The molecule has 1 fully saturated rings. The van der Waals surface area contributed by atoms with E-state index in [1.807, 2.05) is 0 Å². The molecule has 0 amide bonds. The highest BCUT2D eigenvalue weighted by Gasteiger charge is 2.14. The van der Waals surface area contributed by atoms with Crippen LogP contribution < -0.4 is 10.1 Å². The van der Waals surface area contributed by atoms with E-state index in [0.29, 0.717) is 18.4 Å². The first kappa shape index (κ1) is 11.9. The Labute approximate surface area is 103 Å². The molecule has 0 bridgehead atoms. The van der Waals surface area contributed by atoms with Gasteiger partial charge in [0.1, 0.15) is 6.61 Å². The predicted molar refractivity (Wildman–Crippen MR) is 65.2 cm³/mol. The van der Waals surface area contributed by atoms with Gasteiger partial charge in [-0.05, 0) is 37.6 Å². The number of piperidine rings is 1. The minimum absolute atomic E-state index is 0.306. The van der Waals surface area contributed by atoms with Gasteiger partial charge in [0, 0.05) is 10.5 Å². The van der Waals surface area contributed by atoms with E-state index in [9.17, 15) is 4.39 Å². The van der Waals surface area contributed by atoms with Gasteiger partial charge in [-0.15, -0.1) is 0 Å². The molecule has 1 atom stereocenters. The van der Waals surface area contributed by atoms with Gasteiger partial charge in [0.2, 0.25) is 0 Å². The lowest BCUT2D eigenvalue weighted by molar-refractivity contribution is 0.231. The lowest BCUT2D eigenvalue weighted by atomic mass is 10.1. The van der Waals surface area contributed by atoms with E-state index in [4.69, 9.17) is 4.74 Å². The van der Waals surface area contributed by atoms with Crippen molar-refractivity contribution < 1.29 is 9.13 Å². The summed E-state index contributed by atoms with van der Waals surface area (Å²) in [6.07, 6.45) is 3.55. The number of rotatable bonds is 3. The topological polar surface area (TPSA) is 21.3 Å². The van der Waals surface area contributed by atoms with Crippen LogP contribution in [0.2, 0.25) is 0 Å². The Morgan fingerprint density at radius 3 is 3.06 bits per heavy atom. The van der Waals surface area contributed by atoms with E-state index in [2.05, 4.69) is 21.2 Å². The summed E-state index contributed by atoms with van der Waals surface area (Å²) in [4.78, 5) is 0. The maximum atomic E-state index is 13.4. The molecule has 1 aliphatic heterocycles. The average molecular weight is 288 g/mol. The third-order valence-corrected chi connectivity index (χ3v) is 3.24. The van der Waals surface area contributed by atoms with Crippen molar-refractivity contribution in [2.45, 2.75) is 25.3 Å². The van der Waals surface area contributed by atoms with Crippen LogP contribution in [0.5, 0.6) is 5.75 Å². The summed E-state index contributed by atoms with van der Waals surface area (Å²) < 4.78 is 19.7. The number of halogens is 2. The van der Waals surface area contributed by atoms with Crippen molar-refractivity contribution in [3.05, 3.63) is 28.5 Å². The predicted octanol–water partition coefficient (Wildman–Crippen LogP) is 3.11. The van der Waals surface area contributed by atoms with Gasteiger partial charge in [-0.25, -0.2) is 4.39 Å². The highest BCUT2D eigenvalue weighted by Crippen LogP contribution is 2.22. The van der Waals surface area contributed by atoms with Crippen molar-refractivity contribution in [1.29, 1.82) is 0 Å². The first-order chi connectivity index (χ1) is 7.75. The zero-order chi connectivity index (χ0) is 11.4. The van der Waals surface area contributed by atoms with Crippen LogP contribution in [-0.2, 0) is 0 Å².